The molecule has 116 valence electrons. The van der Waals surface area contributed by atoms with Crippen molar-refractivity contribution in [3.8, 4) is 0 Å². The van der Waals surface area contributed by atoms with Crippen LogP contribution >= 0.6 is 0 Å². The lowest BCUT2D eigenvalue weighted by Crippen LogP contribution is -2.21. The molecule has 0 N–H and O–H groups in total. The minimum absolute atomic E-state index is 0.562. The Labute approximate surface area is 126 Å². The summed E-state index contributed by atoms with van der Waals surface area (Å²) in [5, 5.41) is 0. The normalized spacial score (nSPS) is 35.5. The third-order valence-electron chi connectivity index (χ3n) is 5.65. The molecular weight excluding hydrogens is 244 g/mol. The lowest BCUT2D eigenvalue weighted by Gasteiger charge is -2.31. The van der Waals surface area contributed by atoms with Crippen molar-refractivity contribution in [3.63, 3.8) is 0 Å². The number of hydrogen-bond donors (Lipinski definition) is 0. The van der Waals surface area contributed by atoms with Gasteiger partial charge in [0.25, 0.3) is 0 Å². The summed E-state index contributed by atoms with van der Waals surface area (Å²) >= 11 is 0. The highest BCUT2D eigenvalue weighted by Crippen LogP contribution is 2.36. The number of hydrogen-bond acceptors (Lipinski definition) is 1. The fourth-order valence-corrected chi connectivity index (χ4v) is 4.13. The molecule has 2 aliphatic rings. The molecule has 2 aliphatic carbocycles. The minimum Gasteiger partial charge on any atom is -0.381 e. The summed E-state index contributed by atoms with van der Waals surface area (Å²) in [6, 6.07) is 0. The van der Waals surface area contributed by atoms with E-state index in [1.807, 2.05) is 7.11 Å². The number of rotatable bonds is 6. The molecule has 2 rings (SSSR count). The Balaban J connectivity index is 1.58. The first-order chi connectivity index (χ1) is 9.81. The summed E-state index contributed by atoms with van der Waals surface area (Å²) in [5.74, 6) is 2.92. The fourth-order valence-electron chi connectivity index (χ4n) is 4.13. The van der Waals surface area contributed by atoms with Gasteiger partial charge in [-0.1, -0.05) is 31.9 Å². The van der Waals surface area contributed by atoms with E-state index >= 15 is 0 Å². The molecule has 0 atom stereocenters. The predicted octanol–water partition coefficient (Wildman–Crippen LogP) is 5.74. The van der Waals surface area contributed by atoms with E-state index in [1.54, 1.807) is 0 Å². The second-order valence-electron chi connectivity index (χ2n) is 7.07. The number of ether oxygens (including phenoxy) is 1. The van der Waals surface area contributed by atoms with Crippen LogP contribution in [0.1, 0.15) is 77.6 Å². The third-order valence-corrected chi connectivity index (χ3v) is 5.65. The van der Waals surface area contributed by atoms with E-state index in [4.69, 9.17) is 4.74 Å². The van der Waals surface area contributed by atoms with Crippen molar-refractivity contribution >= 4 is 0 Å². The van der Waals surface area contributed by atoms with Gasteiger partial charge in [-0.3, -0.25) is 0 Å². The maximum Gasteiger partial charge on any atom is 0.0571 e. The Hall–Kier alpha value is -0.300. The average Bonchev–Trinajstić information content (AvgIpc) is 2.52. The van der Waals surface area contributed by atoms with Crippen LogP contribution in [0.5, 0.6) is 0 Å². The first kappa shape index (κ1) is 16.1. The van der Waals surface area contributed by atoms with Crippen molar-refractivity contribution < 1.29 is 4.74 Å². The lowest BCUT2D eigenvalue weighted by atomic mass is 9.77. The standard InChI is InChI=1S/C19H34O/c1-3-4-5-16-6-8-17(9-7-16)10-11-18-12-14-19(20-2)15-13-18/h4-5,16-19H,3,6-15H2,1-2H3/b5-4+/t16-,17-,18-,19-. The maximum atomic E-state index is 5.47. The molecule has 2 saturated carbocycles. The average molecular weight is 278 g/mol. The SMILES string of the molecule is CC/C=C/[C@H]1CC[C@H](CC[C@H]2CC[C@H](OC)CC2)CC1. The Kier molecular flexibility index (Phi) is 7.13. The van der Waals surface area contributed by atoms with Gasteiger partial charge in [0.05, 0.1) is 6.10 Å². The molecule has 0 heterocycles. The van der Waals surface area contributed by atoms with Gasteiger partial charge in [0.15, 0.2) is 0 Å². The largest absolute Gasteiger partial charge is 0.381 e. The molecular formula is C19H34O. The van der Waals surface area contributed by atoms with E-state index in [2.05, 4.69) is 19.1 Å². The summed E-state index contributed by atoms with van der Waals surface area (Å²) in [5.41, 5.74) is 0. The molecule has 2 fully saturated rings. The molecule has 0 aromatic heterocycles. The Morgan fingerprint density at radius 1 is 0.850 bits per heavy atom. The maximum absolute atomic E-state index is 5.47. The van der Waals surface area contributed by atoms with Crippen molar-refractivity contribution in [2.75, 3.05) is 7.11 Å². The lowest BCUT2D eigenvalue weighted by molar-refractivity contribution is 0.0541. The Bertz CT molecular complexity index is 267. The van der Waals surface area contributed by atoms with Gasteiger partial charge in [-0.05, 0) is 75.5 Å². The summed E-state index contributed by atoms with van der Waals surface area (Å²) in [7, 11) is 1.87. The highest BCUT2D eigenvalue weighted by molar-refractivity contribution is 4.90. The molecule has 0 aliphatic heterocycles. The smallest absolute Gasteiger partial charge is 0.0571 e. The van der Waals surface area contributed by atoms with Crippen LogP contribution in [0.25, 0.3) is 0 Å². The predicted molar refractivity (Wildman–Crippen MR) is 86.9 cm³/mol. The zero-order valence-corrected chi connectivity index (χ0v) is 13.7. The summed E-state index contributed by atoms with van der Waals surface area (Å²) in [6.07, 6.45) is 20.8. The minimum atomic E-state index is 0.562. The van der Waals surface area contributed by atoms with E-state index in [1.165, 1.54) is 70.6 Å². The molecule has 0 spiro atoms. The molecule has 0 amide bonds. The van der Waals surface area contributed by atoms with Crippen molar-refractivity contribution in [2.45, 2.75) is 83.7 Å². The first-order valence-corrected chi connectivity index (χ1v) is 9.01. The molecule has 0 saturated heterocycles. The van der Waals surface area contributed by atoms with Gasteiger partial charge in [-0.25, -0.2) is 0 Å². The van der Waals surface area contributed by atoms with Crippen LogP contribution in [-0.4, -0.2) is 13.2 Å². The Morgan fingerprint density at radius 2 is 1.40 bits per heavy atom. The quantitative estimate of drug-likeness (QED) is 0.562. The molecule has 0 radical (unpaired) electrons. The van der Waals surface area contributed by atoms with Crippen LogP contribution in [0.4, 0.5) is 0 Å². The zero-order valence-electron chi connectivity index (χ0n) is 13.7. The van der Waals surface area contributed by atoms with E-state index in [0.717, 1.165) is 17.8 Å². The summed E-state index contributed by atoms with van der Waals surface area (Å²) in [4.78, 5) is 0. The van der Waals surface area contributed by atoms with Gasteiger partial charge < -0.3 is 4.74 Å². The molecule has 0 bridgehead atoms. The van der Waals surface area contributed by atoms with Gasteiger partial charge >= 0.3 is 0 Å². The number of methoxy groups -OCH3 is 1. The van der Waals surface area contributed by atoms with Crippen molar-refractivity contribution in [2.24, 2.45) is 17.8 Å². The molecule has 1 heteroatoms. The first-order valence-electron chi connectivity index (χ1n) is 9.01. The van der Waals surface area contributed by atoms with Gasteiger partial charge in [-0.2, -0.15) is 0 Å². The van der Waals surface area contributed by atoms with Crippen molar-refractivity contribution in [1.29, 1.82) is 0 Å². The topological polar surface area (TPSA) is 9.23 Å². The van der Waals surface area contributed by atoms with E-state index in [0.29, 0.717) is 6.10 Å². The summed E-state index contributed by atoms with van der Waals surface area (Å²) in [6.45, 7) is 2.24. The highest BCUT2D eigenvalue weighted by atomic mass is 16.5. The van der Waals surface area contributed by atoms with E-state index < -0.39 is 0 Å². The summed E-state index contributed by atoms with van der Waals surface area (Å²) < 4.78 is 5.47. The van der Waals surface area contributed by atoms with Gasteiger partial charge in [0, 0.05) is 7.11 Å². The second-order valence-corrected chi connectivity index (χ2v) is 7.07. The number of allylic oxidation sites excluding steroid dienone is 2. The molecule has 1 nitrogen and oxygen atoms in total. The fraction of sp³-hybridized carbons (Fsp3) is 0.895. The third kappa shape index (κ3) is 5.24. The van der Waals surface area contributed by atoms with Crippen LogP contribution in [0.3, 0.4) is 0 Å². The van der Waals surface area contributed by atoms with Crippen molar-refractivity contribution in [3.05, 3.63) is 12.2 Å². The van der Waals surface area contributed by atoms with Crippen LogP contribution in [0.2, 0.25) is 0 Å². The molecule has 20 heavy (non-hydrogen) atoms. The zero-order chi connectivity index (χ0) is 14.2. The Morgan fingerprint density at radius 3 is 1.90 bits per heavy atom. The second kappa shape index (κ2) is 8.87. The van der Waals surface area contributed by atoms with Crippen molar-refractivity contribution in [1.82, 2.24) is 0 Å². The van der Waals surface area contributed by atoms with Gasteiger partial charge in [-0.15, -0.1) is 0 Å². The van der Waals surface area contributed by atoms with Gasteiger partial charge in [0.2, 0.25) is 0 Å². The van der Waals surface area contributed by atoms with E-state index in [9.17, 15) is 0 Å². The van der Waals surface area contributed by atoms with Crippen LogP contribution < -0.4 is 0 Å². The monoisotopic (exact) mass is 278 g/mol. The molecule has 0 aromatic rings. The van der Waals surface area contributed by atoms with Gasteiger partial charge in [0.1, 0.15) is 0 Å². The molecule has 0 aromatic carbocycles. The molecule has 0 unspecified atom stereocenters. The highest BCUT2D eigenvalue weighted by Gasteiger charge is 2.23. The van der Waals surface area contributed by atoms with Crippen LogP contribution in [-0.2, 0) is 4.74 Å². The van der Waals surface area contributed by atoms with Crippen LogP contribution in [0.15, 0.2) is 12.2 Å². The van der Waals surface area contributed by atoms with E-state index in [-0.39, 0.29) is 0 Å². The van der Waals surface area contributed by atoms with Crippen LogP contribution in [0, 0.1) is 17.8 Å².